The van der Waals surface area contributed by atoms with Crippen LogP contribution >= 0.6 is 0 Å². The maximum Gasteiger partial charge on any atom is 0.326 e. The molecule has 2 rings (SSSR count). The van der Waals surface area contributed by atoms with Crippen LogP contribution in [0.15, 0.2) is 24.4 Å². The van der Waals surface area contributed by atoms with Gasteiger partial charge in [-0.3, -0.25) is 0 Å². The van der Waals surface area contributed by atoms with E-state index in [0.29, 0.717) is 18.2 Å². The molecular weight excluding hydrogens is 376 g/mol. The lowest BCUT2D eigenvalue weighted by molar-refractivity contribution is -0.139. The van der Waals surface area contributed by atoms with E-state index in [-0.39, 0.29) is 0 Å². The van der Waals surface area contributed by atoms with Gasteiger partial charge in [-0.2, -0.15) is 0 Å². The number of hydrogen-bond donors (Lipinski definition) is 3. The molecule has 1 aromatic rings. The molecule has 1 aromatic heterocycles. The number of anilines is 1. The first-order chi connectivity index (χ1) is 14.4. The second kappa shape index (κ2) is 14.0. The second-order valence-electron chi connectivity index (χ2n) is 8.03. The number of hydrogen-bond acceptors (Lipinski definition) is 5. The van der Waals surface area contributed by atoms with Crippen LogP contribution in [0.4, 0.5) is 5.82 Å². The third-order valence-corrected chi connectivity index (χ3v) is 5.23. The molecular formula is C24H42N4O2. The molecule has 1 aliphatic heterocycles. The number of fused-ring (bicyclic) bond motifs is 1. The molecule has 1 unspecified atom stereocenters. The summed E-state index contributed by atoms with van der Waals surface area (Å²) in [5.41, 5.74) is 3.17. The fourth-order valence-electron chi connectivity index (χ4n) is 3.61. The molecule has 0 spiro atoms. The van der Waals surface area contributed by atoms with Crippen LogP contribution in [0.3, 0.4) is 0 Å². The highest BCUT2D eigenvalue weighted by atomic mass is 16.4. The third-order valence-electron chi connectivity index (χ3n) is 5.23. The van der Waals surface area contributed by atoms with Gasteiger partial charge in [-0.25, -0.2) is 9.78 Å². The van der Waals surface area contributed by atoms with E-state index < -0.39 is 12.0 Å². The SMILES string of the molecule is C=C(C)NC(CCN(CCCCc1ccc2c(n1)NCCC2)C(C)C)C(=O)O.CC. The Balaban J connectivity index is 0.00000218. The Morgan fingerprint density at radius 3 is 2.67 bits per heavy atom. The van der Waals surface area contributed by atoms with E-state index in [1.807, 2.05) is 13.8 Å². The van der Waals surface area contributed by atoms with Crippen molar-refractivity contribution in [3.05, 3.63) is 35.7 Å². The lowest BCUT2D eigenvalue weighted by Gasteiger charge is -2.28. The van der Waals surface area contributed by atoms with Gasteiger partial charge in [0.15, 0.2) is 0 Å². The van der Waals surface area contributed by atoms with Crippen molar-refractivity contribution >= 4 is 11.8 Å². The summed E-state index contributed by atoms with van der Waals surface area (Å²) in [4.78, 5) is 18.5. The van der Waals surface area contributed by atoms with Gasteiger partial charge in [0.2, 0.25) is 0 Å². The Hall–Kier alpha value is -2.08. The molecule has 0 bridgehead atoms. The average Bonchev–Trinajstić information content (AvgIpc) is 2.72. The van der Waals surface area contributed by atoms with Crippen LogP contribution in [0.5, 0.6) is 0 Å². The number of nitrogens with one attached hydrogen (secondary N) is 2. The van der Waals surface area contributed by atoms with Crippen molar-refractivity contribution in [1.29, 1.82) is 0 Å². The summed E-state index contributed by atoms with van der Waals surface area (Å²) < 4.78 is 0. The van der Waals surface area contributed by atoms with E-state index in [0.717, 1.165) is 56.8 Å². The van der Waals surface area contributed by atoms with Crippen LogP contribution in [0.2, 0.25) is 0 Å². The van der Waals surface area contributed by atoms with Crippen LogP contribution in [0.25, 0.3) is 0 Å². The maximum absolute atomic E-state index is 11.4. The smallest absolute Gasteiger partial charge is 0.326 e. The number of aliphatic carboxylic acids is 1. The van der Waals surface area contributed by atoms with Gasteiger partial charge >= 0.3 is 5.97 Å². The zero-order valence-corrected chi connectivity index (χ0v) is 19.6. The van der Waals surface area contributed by atoms with Gasteiger partial charge in [-0.1, -0.05) is 26.5 Å². The van der Waals surface area contributed by atoms with Crippen molar-refractivity contribution in [1.82, 2.24) is 15.2 Å². The molecule has 3 N–H and O–H groups in total. The van der Waals surface area contributed by atoms with E-state index in [1.165, 1.54) is 12.0 Å². The van der Waals surface area contributed by atoms with Crippen LogP contribution in [0.1, 0.15) is 71.6 Å². The summed E-state index contributed by atoms with van der Waals surface area (Å²) in [6, 6.07) is 4.19. The fourth-order valence-corrected chi connectivity index (χ4v) is 3.61. The van der Waals surface area contributed by atoms with Crippen molar-refractivity contribution in [2.75, 3.05) is 25.0 Å². The molecule has 30 heavy (non-hydrogen) atoms. The van der Waals surface area contributed by atoms with E-state index in [9.17, 15) is 9.90 Å². The highest BCUT2D eigenvalue weighted by Crippen LogP contribution is 2.20. The summed E-state index contributed by atoms with van der Waals surface area (Å²) in [6.45, 7) is 16.6. The minimum atomic E-state index is -0.821. The minimum absolute atomic E-state index is 0.394. The first-order valence-corrected chi connectivity index (χ1v) is 11.5. The monoisotopic (exact) mass is 418 g/mol. The van der Waals surface area contributed by atoms with Crippen molar-refractivity contribution in [3.63, 3.8) is 0 Å². The van der Waals surface area contributed by atoms with E-state index in [4.69, 9.17) is 4.98 Å². The number of nitrogens with zero attached hydrogens (tertiary/aromatic N) is 2. The van der Waals surface area contributed by atoms with Crippen LogP contribution in [-0.4, -0.2) is 52.7 Å². The number of carboxylic acids is 1. The predicted molar refractivity (Wildman–Crippen MR) is 126 cm³/mol. The maximum atomic E-state index is 11.4. The Labute approximate surface area is 183 Å². The number of allylic oxidation sites excluding steroid dienone is 1. The molecule has 2 heterocycles. The van der Waals surface area contributed by atoms with Gasteiger partial charge in [0.25, 0.3) is 0 Å². The summed E-state index contributed by atoms with van der Waals surface area (Å²) in [6.07, 6.45) is 6.02. The molecule has 0 aliphatic carbocycles. The lowest BCUT2D eigenvalue weighted by atomic mass is 10.1. The molecule has 0 aromatic carbocycles. The van der Waals surface area contributed by atoms with Gasteiger partial charge in [0, 0.05) is 30.5 Å². The first kappa shape index (κ1) is 26.0. The van der Waals surface area contributed by atoms with Crippen molar-refractivity contribution in [2.24, 2.45) is 0 Å². The number of rotatable bonds is 12. The Bertz CT molecular complexity index is 661. The van der Waals surface area contributed by atoms with Gasteiger partial charge < -0.3 is 20.6 Å². The molecule has 0 amide bonds. The highest BCUT2D eigenvalue weighted by Gasteiger charge is 2.19. The zero-order valence-electron chi connectivity index (χ0n) is 19.6. The number of pyridine rings is 1. The van der Waals surface area contributed by atoms with Gasteiger partial charge in [-0.15, -0.1) is 0 Å². The molecule has 1 aliphatic rings. The lowest BCUT2D eigenvalue weighted by Crippen LogP contribution is -2.41. The summed E-state index contributed by atoms with van der Waals surface area (Å²) in [5.74, 6) is 0.246. The average molecular weight is 419 g/mol. The topological polar surface area (TPSA) is 77.5 Å². The second-order valence-corrected chi connectivity index (χ2v) is 8.03. The van der Waals surface area contributed by atoms with Crippen molar-refractivity contribution in [3.8, 4) is 0 Å². The minimum Gasteiger partial charge on any atom is -0.480 e. The van der Waals surface area contributed by atoms with Crippen LogP contribution < -0.4 is 10.6 Å². The van der Waals surface area contributed by atoms with Crippen LogP contribution in [0, 0.1) is 0 Å². The standard InChI is InChI=1S/C22H36N4O2.C2H6/c1-16(2)24-20(22(27)28)12-15-26(17(3)4)14-6-5-9-19-11-10-18-8-7-13-23-21(18)25-19;1-2/h10-11,17,20,24H,1,5-9,12-15H2,2-4H3,(H,23,25)(H,27,28);1-2H3. The van der Waals surface area contributed by atoms with Crippen molar-refractivity contribution < 1.29 is 9.90 Å². The molecule has 1 atom stereocenters. The Kier molecular flexibility index (Phi) is 12.1. The molecule has 6 nitrogen and oxygen atoms in total. The normalized spacial score (nSPS) is 13.7. The molecule has 0 saturated heterocycles. The number of aryl methyl sites for hydroxylation is 2. The van der Waals surface area contributed by atoms with E-state index in [1.54, 1.807) is 6.92 Å². The van der Waals surface area contributed by atoms with E-state index >= 15 is 0 Å². The number of unbranched alkanes of at least 4 members (excludes halogenated alkanes) is 1. The van der Waals surface area contributed by atoms with Gasteiger partial charge in [0.1, 0.15) is 11.9 Å². The summed E-state index contributed by atoms with van der Waals surface area (Å²) in [5, 5.41) is 15.7. The fraction of sp³-hybridized carbons (Fsp3) is 0.667. The molecule has 0 fully saturated rings. The number of carbonyl (C=O) groups is 1. The quantitative estimate of drug-likeness (QED) is 0.435. The largest absolute Gasteiger partial charge is 0.480 e. The number of aromatic nitrogens is 1. The number of carboxylic acid groups (broad SMARTS) is 1. The molecule has 0 saturated carbocycles. The van der Waals surface area contributed by atoms with Crippen LogP contribution in [-0.2, 0) is 17.6 Å². The van der Waals surface area contributed by atoms with Crippen molar-refractivity contribution in [2.45, 2.75) is 85.2 Å². The summed E-state index contributed by atoms with van der Waals surface area (Å²) in [7, 11) is 0. The molecule has 6 heteroatoms. The van der Waals surface area contributed by atoms with Gasteiger partial charge in [-0.05, 0) is 77.5 Å². The summed E-state index contributed by atoms with van der Waals surface area (Å²) >= 11 is 0. The van der Waals surface area contributed by atoms with E-state index in [2.05, 4.69) is 48.1 Å². The third kappa shape index (κ3) is 9.16. The molecule has 170 valence electrons. The zero-order chi connectivity index (χ0) is 22.5. The predicted octanol–water partition coefficient (Wildman–Crippen LogP) is 4.47. The first-order valence-electron chi connectivity index (χ1n) is 11.5. The van der Waals surface area contributed by atoms with Gasteiger partial charge in [0.05, 0.1) is 0 Å². The Morgan fingerprint density at radius 2 is 2.03 bits per heavy atom. The molecule has 0 radical (unpaired) electrons. The Morgan fingerprint density at radius 1 is 1.30 bits per heavy atom. The highest BCUT2D eigenvalue weighted by molar-refractivity contribution is 5.73.